The average molecular weight is 300 g/mol. The van der Waals surface area contributed by atoms with Gasteiger partial charge in [-0.25, -0.2) is 0 Å². The molecule has 0 atom stereocenters. The maximum absolute atomic E-state index is 5.46. The number of aromatic nitrogens is 2. The Bertz CT molecular complexity index is 663. The Hall–Kier alpha value is -2.54. The minimum atomic E-state index is 0.603. The number of ether oxygens (including phenoxy) is 2. The molecule has 4 rings (SSSR count). The minimum absolute atomic E-state index is 0.603. The number of nitrogens with zero attached hydrogens (tertiary/aromatic N) is 4. The van der Waals surface area contributed by atoms with Gasteiger partial charge in [-0.05, 0) is 17.7 Å². The van der Waals surface area contributed by atoms with Crippen LogP contribution in [0.15, 0.2) is 41.6 Å². The van der Waals surface area contributed by atoms with Crippen molar-refractivity contribution in [1.82, 2.24) is 15.0 Å². The van der Waals surface area contributed by atoms with Gasteiger partial charge < -0.3 is 18.9 Å². The lowest BCUT2D eigenvalue weighted by atomic mass is 10.1. The van der Waals surface area contributed by atoms with Gasteiger partial charge in [0, 0.05) is 32.7 Å². The molecule has 3 heterocycles. The number of fused-ring (bicyclic) bond motifs is 1. The Balaban J connectivity index is 1.37. The maximum atomic E-state index is 5.46. The minimum Gasteiger partial charge on any atom is -0.458 e. The van der Waals surface area contributed by atoms with Gasteiger partial charge in [-0.3, -0.25) is 4.90 Å². The molecule has 22 heavy (non-hydrogen) atoms. The average Bonchev–Trinajstić information content (AvgIpc) is 3.10. The van der Waals surface area contributed by atoms with Gasteiger partial charge in [0.15, 0.2) is 17.8 Å². The molecule has 2 aliphatic heterocycles. The lowest BCUT2D eigenvalue weighted by Gasteiger charge is -2.33. The molecular weight excluding hydrogens is 284 g/mol. The van der Waals surface area contributed by atoms with Gasteiger partial charge in [0.05, 0.1) is 0 Å². The second kappa shape index (κ2) is 5.69. The second-order valence-corrected chi connectivity index (χ2v) is 5.28. The molecule has 0 spiro atoms. The summed E-state index contributed by atoms with van der Waals surface area (Å²) in [4.78, 5) is 8.60. The summed E-state index contributed by atoms with van der Waals surface area (Å²) < 4.78 is 15.9. The second-order valence-electron chi connectivity index (χ2n) is 5.28. The number of hydrogen-bond donors (Lipinski definition) is 0. The Labute approximate surface area is 127 Å². The number of hydrogen-bond acceptors (Lipinski definition) is 7. The Kier molecular flexibility index (Phi) is 3.40. The summed E-state index contributed by atoms with van der Waals surface area (Å²) in [7, 11) is 0. The van der Waals surface area contributed by atoms with Gasteiger partial charge in [-0.2, -0.15) is 4.98 Å². The maximum Gasteiger partial charge on any atom is 0.323 e. The summed E-state index contributed by atoms with van der Waals surface area (Å²) in [5.41, 5.74) is 1.21. The standard InChI is InChI=1S/C15H16N4O3/c1-2-13-14(21-8-7-20-13)9-12(1)10-18-3-5-19(6-4-18)15-16-11-17-22-15/h1-2,7-9,11H,3-6,10H2. The van der Waals surface area contributed by atoms with Crippen molar-refractivity contribution in [3.63, 3.8) is 0 Å². The van der Waals surface area contributed by atoms with Gasteiger partial charge in [0.1, 0.15) is 12.5 Å². The van der Waals surface area contributed by atoms with Gasteiger partial charge in [-0.15, -0.1) is 0 Å². The highest BCUT2D eigenvalue weighted by atomic mass is 16.5. The van der Waals surface area contributed by atoms with Gasteiger partial charge >= 0.3 is 6.01 Å². The first kappa shape index (κ1) is 13.1. The van der Waals surface area contributed by atoms with Gasteiger partial charge in [0.25, 0.3) is 0 Å². The topological polar surface area (TPSA) is 63.9 Å². The Morgan fingerprint density at radius 1 is 1.00 bits per heavy atom. The Morgan fingerprint density at radius 3 is 2.59 bits per heavy atom. The fraction of sp³-hybridized carbons (Fsp3) is 0.333. The normalized spacial score (nSPS) is 17.7. The predicted molar refractivity (Wildman–Crippen MR) is 78.6 cm³/mol. The first-order valence-electron chi connectivity index (χ1n) is 7.24. The molecule has 0 bridgehead atoms. The van der Waals surface area contributed by atoms with E-state index in [1.807, 2.05) is 12.1 Å². The molecule has 0 saturated carbocycles. The van der Waals surface area contributed by atoms with Gasteiger partial charge in [0.2, 0.25) is 0 Å². The highest BCUT2D eigenvalue weighted by Gasteiger charge is 2.20. The summed E-state index contributed by atoms with van der Waals surface area (Å²) in [5.74, 6) is 1.52. The van der Waals surface area contributed by atoms with Crippen molar-refractivity contribution in [3.05, 3.63) is 42.6 Å². The van der Waals surface area contributed by atoms with Crippen molar-refractivity contribution in [3.8, 4) is 11.5 Å². The van der Waals surface area contributed by atoms with Crippen LogP contribution in [0, 0.1) is 0 Å². The van der Waals surface area contributed by atoms with E-state index in [0.717, 1.165) is 44.2 Å². The van der Waals surface area contributed by atoms with Crippen molar-refractivity contribution in [1.29, 1.82) is 0 Å². The molecule has 2 aromatic rings. The zero-order chi connectivity index (χ0) is 14.8. The smallest absolute Gasteiger partial charge is 0.323 e. The lowest BCUT2D eigenvalue weighted by Crippen LogP contribution is -2.46. The number of rotatable bonds is 3. The summed E-state index contributed by atoms with van der Waals surface area (Å²) >= 11 is 0. The monoisotopic (exact) mass is 300 g/mol. The molecule has 1 fully saturated rings. The zero-order valence-electron chi connectivity index (χ0n) is 12.0. The van der Waals surface area contributed by atoms with E-state index in [2.05, 4.69) is 26.0 Å². The van der Waals surface area contributed by atoms with Crippen molar-refractivity contribution < 1.29 is 14.0 Å². The molecule has 0 aliphatic carbocycles. The molecule has 7 heteroatoms. The summed E-state index contributed by atoms with van der Waals surface area (Å²) in [6.45, 7) is 4.57. The summed E-state index contributed by atoms with van der Waals surface area (Å²) in [5, 5.41) is 3.65. The lowest BCUT2D eigenvalue weighted by molar-refractivity contribution is 0.242. The van der Waals surface area contributed by atoms with Crippen molar-refractivity contribution in [2.45, 2.75) is 6.54 Å². The highest BCUT2D eigenvalue weighted by Crippen LogP contribution is 2.31. The van der Waals surface area contributed by atoms with Crippen LogP contribution in [0.3, 0.4) is 0 Å². The van der Waals surface area contributed by atoms with Crippen molar-refractivity contribution >= 4 is 6.01 Å². The van der Waals surface area contributed by atoms with Crippen LogP contribution >= 0.6 is 0 Å². The molecule has 0 radical (unpaired) electrons. The SMILES string of the molecule is C1=COc2cc(CN3CCN(c4ncno4)CC3)ccc2O1. The fourth-order valence-corrected chi connectivity index (χ4v) is 2.70. The number of benzene rings is 1. The third-order valence-electron chi connectivity index (χ3n) is 3.85. The van der Waals surface area contributed by atoms with E-state index < -0.39 is 0 Å². The van der Waals surface area contributed by atoms with Crippen LogP contribution in [0.25, 0.3) is 0 Å². The quantitative estimate of drug-likeness (QED) is 0.853. The first-order chi connectivity index (χ1) is 10.9. The van der Waals surface area contributed by atoms with E-state index in [4.69, 9.17) is 14.0 Å². The molecule has 1 saturated heterocycles. The molecule has 1 aromatic carbocycles. The third kappa shape index (κ3) is 2.62. The van der Waals surface area contributed by atoms with Crippen molar-refractivity contribution in [2.24, 2.45) is 0 Å². The third-order valence-corrected chi connectivity index (χ3v) is 3.85. The molecule has 114 valence electrons. The molecular formula is C15H16N4O3. The van der Waals surface area contributed by atoms with Crippen LogP contribution in [-0.2, 0) is 6.54 Å². The Morgan fingerprint density at radius 2 is 1.82 bits per heavy atom. The van der Waals surface area contributed by atoms with Crippen LogP contribution in [0.1, 0.15) is 5.56 Å². The number of piperazine rings is 1. The molecule has 7 nitrogen and oxygen atoms in total. The largest absolute Gasteiger partial charge is 0.458 e. The van der Waals surface area contributed by atoms with E-state index in [1.54, 1.807) is 12.5 Å². The van der Waals surface area contributed by atoms with E-state index >= 15 is 0 Å². The van der Waals surface area contributed by atoms with E-state index in [0.29, 0.717) is 6.01 Å². The van der Waals surface area contributed by atoms with Crippen LogP contribution < -0.4 is 14.4 Å². The predicted octanol–water partition coefficient (Wildman–Crippen LogP) is 1.63. The van der Waals surface area contributed by atoms with Gasteiger partial charge in [-0.1, -0.05) is 11.2 Å². The number of anilines is 1. The molecule has 0 N–H and O–H groups in total. The van der Waals surface area contributed by atoms with Crippen molar-refractivity contribution in [2.75, 3.05) is 31.1 Å². The van der Waals surface area contributed by atoms with E-state index in [1.165, 1.54) is 11.9 Å². The fourth-order valence-electron chi connectivity index (χ4n) is 2.70. The highest BCUT2D eigenvalue weighted by molar-refractivity contribution is 5.44. The molecule has 0 amide bonds. The van der Waals surface area contributed by atoms with E-state index in [-0.39, 0.29) is 0 Å². The summed E-state index contributed by atoms with van der Waals surface area (Å²) in [6, 6.07) is 6.66. The molecule has 1 aromatic heterocycles. The molecule has 2 aliphatic rings. The van der Waals surface area contributed by atoms with Crippen LogP contribution in [-0.4, -0.2) is 41.2 Å². The van der Waals surface area contributed by atoms with Crippen LogP contribution in [0.2, 0.25) is 0 Å². The van der Waals surface area contributed by atoms with E-state index in [9.17, 15) is 0 Å². The van der Waals surface area contributed by atoms with Crippen LogP contribution in [0.4, 0.5) is 6.01 Å². The van der Waals surface area contributed by atoms with Crippen LogP contribution in [0.5, 0.6) is 11.5 Å². The summed E-state index contributed by atoms with van der Waals surface area (Å²) in [6.07, 6.45) is 4.53. The zero-order valence-corrected chi connectivity index (χ0v) is 12.0. The molecule has 0 unspecified atom stereocenters. The first-order valence-corrected chi connectivity index (χ1v) is 7.24.